The molecule has 0 aliphatic carbocycles. The Hall–Kier alpha value is -2.95. The molecule has 5 heteroatoms. The van der Waals surface area contributed by atoms with Crippen LogP contribution in [-0.2, 0) is 6.42 Å². The van der Waals surface area contributed by atoms with Crippen molar-refractivity contribution in [2.75, 3.05) is 20.6 Å². The van der Waals surface area contributed by atoms with Gasteiger partial charge in [0, 0.05) is 55.6 Å². The average Bonchev–Trinajstić information content (AvgIpc) is 3.35. The van der Waals surface area contributed by atoms with Crippen LogP contribution in [0.5, 0.6) is 5.75 Å². The number of nitrogens with zero attached hydrogens (tertiary/aromatic N) is 1. The number of fused-ring (bicyclic) bond motifs is 5. The molecule has 0 fully saturated rings. The topological polar surface area (TPSA) is 55.0 Å². The first-order valence-corrected chi connectivity index (χ1v) is 11.1. The molecule has 2 heterocycles. The smallest absolute Gasteiger partial charge is 0.119 e. The lowest BCUT2D eigenvalue weighted by atomic mass is 9.97. The second-order valence-electron chi connectivity index (χ2n) is 8.52. The summed E-state index contributed by atoms with van der Waals surface area (Å²) in [5.41, 5.74) is 5.19. The van der Waals surface area contributed by atoms with Gasteiger partial charge in [0.1, 0.15) is 5.75 Å². The normalized spacial score (nSPS) is 12.0. The van der Waals surface area contributed by atoms with Crippen molar-refractivity contribution >= 4 is 44.2 Å². The van der Waals surface area contributed by atoms with Gasteiger partial charge in [-0.2, -0.15) is 0 Å². The first-order valence-electron chi connectivity index (χ1n) is 10.7. The summed E-state index contributed by atoms with van der Waals surface area (Å²) in [5, 5.41) is 15.9. The average molecular weight is 432 g/mol. The SMILES string of the molecule is CN(C)CCCCc1cc2[nH]c3cc(-c4ccccc4Cl)c4c[nH]cc4c3c2cc1O. The molecule has 3 N–H and O–H groups in total. The van der Waals surface area contributed by atoms with Crippen molar-refractivity contribution in [2.45, 2.75) is 19.3 Å². The molecule has 31 heavy (non-hydrogen) atoms. The van der Waals surface area contributed by atoms with Gasteiger partial charge >= 0.3 is 0 Å². The number of rotatable bonds is 6. The molecule has 0 saturated heterocycles. The molecule has 0 aliphatic rings. The fourth-order valence-corrected chi connectivity index (χ4v) is 4.79. The number of aromatic hydroxyl groups is 1. The van der Waals surface area contributed by atoms with Crippen LogP contribution in [0, 0.1) is 0 Å². The largest absolute Gasteiger partial charge is 0.508 e. The lowest BCUT2D eigenvalue weighted by Gasteiger charge is -2.09. The maximum absolute atomic E-state index is 10.7. The van der Waals surface area contributed by atoms with Crippen LogP contribution in [0.1, 0.15) is 18.4 Å². The van der Waals surface area contributed by atoms with Gasteiger partial charge in [-0.3, -0.25) is 0 Å². The van der Waals surface area contributed by atoms with E-state index >= 15 is 0 Å². The molecule has 4 nitrogen and oxygen atoms in total. The fourth-order valence-electron chi connectivity index (χ4n) is 4.56. The van der Waals surface area contributed by atoms with Crippen LogP contribution < -0.4 is 0 Å². The number of aromatic nitrogens is 2. The fraction of sp³-hybridized carbons (Fsp3) is 0.231. The van der Waals surface area contributed by atoms with Crippen molar-refractivity contribution < 1.29 is 5.11 Å². The van der Waals surface area contributed by atoms with E-state index in [-0.39, 0.29) is 0 Å². The van der Waals surface area contributed by atoms with Crippen LogP contribution in [-0.4, -0.2) is 40.6 Å². The van der Waals surface area contributed by atoms with Gasteiger partial charge in [-0.15, -0.1) is 0 Å². The highest BCUT2D eigenvalue weighted by Gasteiger charge is 2.16. The first kappa shape index (κ1) is 20.0. The van der Waals surface area contributed by atoms with Crippen LogP contribution in [0.15, 0.2) is 54.9 Å². The van der Waals surface area contributed by atoms with Gasteiger partial charge in [0.25, 0.3) is 0 Å². The van der Waals surface area contributed by atoms with Gasteiger partial charge in [-0.1, -0.05) is 29.8 Å². The number of nitrogens with one attached hydrogen (secondary N) is 2. The van der Waals surface area contributed by atoms with Crippen molar-refractivity contribution in [2.24, 2.45) is 0 Å². The van der Waals surface area contributed by atoms with Crippen LogP contribution in [0.4, 0.5) is 0 Å². The van der Waals surface area contributed by atoms with Crippen LogP contribution in [0.25, 0.3) is 43.7 Å². The number of aryl methyl sites for hydroxylation is 1. The molecule has 5 rings (SSSR count). The summed E-state index contributed by atoms with van der Waals surface area (Å²) in [6, 6.07) is 14.1. The Morgan fingerprint density at radius 3 is 2.52 bits per heavy atom. The van der Waals surface area contributed by atoms with Gasteiger partial charge in [0.2, 0.25) is 0 Å². The predicted molar refractivity (Wildman–Crippen MR) is 131 cm³/mol. The summed E-state index contributed by atoms with van der Waals surface area (Å²) in [6.45, 7) is 1.06. The molecular formula is C26H26ClN3O. The monoisotopic (exact) mass is 431 g/mol. The number of H-pyrrole nitrogens is 2. The number of phenols is 1. The number of aromatic amines is 2. The van der Waals surface area contributed by atoms with E-state index in [4.69, 9.17) is 11.6 Å². The number of unbranched alkanes of at least 4 members (excludes halogenated alkanes) is 1. The molecule has 158 valence electrons. The Kier molecular flexibility index (Phi) is 5.12. The zero-order valence-electron chi connectivity index (χ0n) is 17.8. The Bertz CT molecular complexity index is 1400. The summed E-state index contributed by atoms with van der Waals surface area (Å²) in [5.74, 6) is 0.372. The van der Waals surface area contributed by atoms with E-state index in [0.29, 0.717) is 5.75 Å². The predicted octanol–water partition coefficient (Wildman–Crippen LogP) is 6.71. The molecule has 0 saturated carbocycles. The van der Waals surface area contributed by atoms with Gasteiger partial charge in [0.15, 0.2) is 0 Å². The highest BCUT2D eigenvalue weighted by molar-refractivity contribution is 6.34. The number of phenolic OH excluding ortho intramolecular Hbond substituents is 1. The standard InChI is InChI=1S/C26H26ClN3O/c1-30(2)10-6-5-7-16-11-23-19(13-25(16)31)26-21-15-28-14-20(21)18(12-24(26)29-23)17-8-3-4-9-22(17)27/h3-4,8-9,11-15,28-29,31H,5-7,10H2,1-2H3. The third kappa shape index (κ3) is 3.56. The molecule has 0 aliphatic heterocycles. The Morgan fingerprint density at radius 2 is 1.71 bits per heavy atom. The lowest BCUT2D eigenvalue weighted by Crippen LogP contribution is -2.12. The van der Waals surface area contributed by atoms with E-state index in [9.17, 15) is 5.11 Å². The Morgan fingerprint density at radius 1 is 0.903 bits per heavy atom. The summed E-state index contributed by atoms with van der Waals surface area (Å²) >= 11 is 6.52. The van der Waals surface area contributed by atoms with Crippen LogP contribution >= 0.6 is 11.6 Å². The van der Waals surface area contributed by atoms with Gasteiger partial charge in [-0.25, -0.2) is 0 Å². The summed E-state index contributed by atoms with van der Waals surface area (Å²) in [4.78, 5) is 9.04. The number of halogens is 1. The molecule has 0 atom stereocenters. The third-order valence-corrected chi connectivity index (χ3v) is 6.42. The second-order valence-corrected chi connectivity index (χ2v) is 8.93. The molecular weight excluding hydrogens is 406 g/mol. The van der Waals surface area contributed by atoms with Crippen LogP contribution in [0.2, 0.25) is 5.02 Å². The molecule has 0 bridgehead atoms. The van der Waals surface area contributed by atoms with Crippen LogP contribution in [0.3, 0.4) is 0 Å². The maximum Gasteiger partial charge on any atom is 0.119 e. The minimum absolute atomic E-state index is 0.372. The molecule has 0 spiro atoms. The Balaban J connectivity index is 1.64. The molecule has 0 radical (unpaired) electrons. The van der Waals surface area contributed by atoms with Gasteiger partial charge in [-0.05, 0) is 75.3 Å². The van der Waals surface area contributed by atoms with E-state index in [1.165, 1.54) is 0 Å². The molecule has 2 aromatic heterocycles. The molecule has 0 amide bonds. The Labute approximate surface area is 186 Å². The minimum Gasteiger partial charge on any atom is -0.508 e. The second kappa shape index (κ2) is 7.95. The van der Waals surface area contributed by atoms with E-state index in [0.717, 1.165) is 80.1 Å². The minimum atomic E-state index is 0.372. The summed E-state index contributed by atoms with van der Waals surface area (Å²) in [7, 11) is 4.18. The zero-order valence-corrected chi connectivity index (χ0v) is 18.6. The van der Waals surface area contributed by atoms with E-state index in [2.05, 4.69) is 47.2 Å². The summed E-state index contributed by atoms with van der Waals surface area (Å²) in [6.07, 6.45) is 7.08. The van der Waals surface area contributed by atoms with E-state index < -0.39 is 0 Å². The van der Waals surface area contributed by atoms with Crippen molar-refractivity contribution in [3.63, 3.8) is 0 Å². The van der Waals surface area contributed by atoms with Crippen molar-refractivity contribution in [3.8, 4) is 16.9 Å². The van der Waals surface area contributed by atoms with Crippen molar-refractivity contribution in [3.05, 3.63) is 65.4 Å². The van der Waals surface area contributed by atoms with Crippen molar-refractivity contribution in [1.82, 2.24) is 14.9 Å². The summed E-state index contributed by atoms with van der Waals surface area (Å²) < 4.78 is 0. The van der Waals surface area contributed by atoms with Crippen molar-refractivity contribution in [1.29, 1.82) is 0 Å². The first-order chi connectivity index (χ1) is 15.0. The van der Waals surface area contributed by atoms with Gasteiger partial charge < -0.3 is 20.0 Å². The number of hydrogen-bond acceptors (Lipinski definition) is 2. The highest BCUT2D eigenvalue weighted by Crippen LogP contribution is 2.41. The zero-order chi connectivity index (χ0) is 21.5. The quantitative estimate of drug-likeness (QED) is 0.261. The number of hydrogen-bond donors (Lipinski definition) is 3. The molecule has 5 aromatic rings. The molecule has 0 unspecified atom stereocenters. The third-order valence-electron chi connectivity index (χ3n) is 6.09. The highest BCUT2D eigenvalue weighted by atomic mass is 35.5. The maximum atomic E-state index is 10.7. The van der Waals surface area contributed by atoms with Gasteiger partial charge in [0.05, 0.1) is 0 Å². The van der Waals surface area contributed by atoms with E-state index in [1.54, 1.807) is 0 Å². The lowest BCUT2D eigenvalue weighted by molar-refractivity contribution is 0.393. The number of benzene rings is 3. The van der Waals surface area contributed by atoms with E-state index in [1.807, 2.05) is 36.7 Å². The molecule has 3 aromatic carbocycles.